The molecule has 0 N–H and O–H groups in total. The molecule has 0 saturated carbocycles. The Bertz CT molecular complexity index is 418. The number of amides is 1. The van der Waals surface area contributed by atoms with Crippen LogP contribution in [0.5, 0.6) is 0 Å². The first-order valence-corrected chi connectivity index (χ1v) is 7.22. The number of pyridine rings is 1. The van der Waals surface area contributed by atoms with Gasteiger partial charge in [0.25, 0.3) is 0 Å². The smallest absolute Gasteiger partial charge is 0.411 e. The molecule has 1 fully saturated rings. The van der Waals surface area contributed by atoms with Gasteiger partial charge in [0.1, 0.15) is 0 Å². The van der Waals surface area contributed by atoms with Gasteiger partial charge >= 0.3 is 6.09 Å². The fourth-order valence-electron chi connectivity index (χ4n) is 2.34. The van der Waals surface area contributed by atoms with Gasteiger partial charge in [-0.2, -0.15) is 0 Å². The molecule has 1 aromatic rings. The molecule has 0 radical (unpaired) electrons. The van der Waals surface area contributed by atoms with E-state index in [1.807, 2.05) is 25.1 Å². The molecule has 1 saturated heterocycles. The van der Waals surface area contributed by atoms with E-state index in [1.54, 1.807) is 18.1 Å². The van der Waals surface area contributed by atoms with Gasteiger partial charge in [-0.15, -0.1) is 0 Å². The average Bonchev–Trinajstić information content (AvgIpc) is 3.00. The van der Waals surface area contributed by atoms with Crippen LogP contribution in [0, 0.1) is 0 Å². The molecule has 1 amide bonds. The Kier molecular flexibility index (Phi) is 5.35. The van der Waals surface area contributed by atoms with Crippen LogP contribution in [0.25, 0.3) is 0 Å². The highest BCUT2D eigenvalue weighted by atomic mass is 16.6. The largest absolute Gasteiger partial charge is 0.430 e. The normalized spacial score (nSPS) is 16.9. The van der Waals surface area contributed by atoms with Gasteiger partial charge in [-0.05, 0) is 31.9 Å². The highest BCUT2D eigenvalue weighted by Gasteiger charge is 2.22. The Morgan fingerprint density at radius 1 is 1.45 bits per heavy atom. The van der Waals surface area contributed by atoms with Gasteiger partial charge in [0.2, 0.25) is 0 Å². The van der Waals surface area contributed by atoms with Gasteiger partial charge in [-0.1, -0.05) is 6.07 Å². The first-order chi connectivity index (χ1) is 9.66. The van der Waals surface area contributed by atoms with Crippen LogP contribution < -0.4 is 0 Å². The van der Waals surface area contributed by atoms with Crippen LogP contribution in [0.1, 0.15) is 25.5 Å². The Hall–Kier alpha value is -1.62. The average molecular weight is 277 g/mol. The molecule has 2 rings (SSSR count). The topological polar surface area (TPSA) is 45.7 Å². The fraction of sp³-hybridized carbons (Fsp3) is 0.600. The minimum atomic E-state index is -0.264. The van der Waals surface area contributed by atoms with Crippen molar-refractivity contribution in [2.75, 3.05) is 26.7 Å². The van der Waals surface area contributed by atoms with Crippen LogP contribution in [0.2, 0.25) is 0 Å². The summed E-state index contributed by atoms with van der Waals surface area (Å²) in [5.41, 5.74) is 0.986. The van der Waals surface area contributed by atoms with Crippen molar-refractivity contribution in [3.63, 3.8) is 0 Å². The number of carbonyl (C=O) groups excluding carboxylic acids is 1. The van der Waals surface area contributed by atoms with Crippen LogP contribution >= 0.6 is 0 Å². The van der Waals surface area contributed by atoms with Crippen molar-refractivity contribution in [3.05, 3.63) is 30.1 Å². The number of rotatable bonds is 5. The number of likely N-dealkylation sites (tertiary alicyclic amines) is 1. The molecule has 0 aliphatic carbocycles. The predicted octanol–water partition coefficient (Wildman–Crippen LogP) is 2.13. The van der Waals surface area contributed by atoms with Crippen molar-refractivity contribution >= 4 is 6.09 Å². The molecule has 5 heteroatoms. The summed E-state index contributed by atoms with van der Waals surface area (Å²) < 4.78 is 5.48. The zero-order valence-electron chi connectivity index (χ0n) is 12.3. The molecule has 1 aliphatic rings. The number of hydrogen-bond donors (Lipinski definition) is 0. The summed E-state index contributed by atoms with van der Waals surface area (Å²) in [6.07, 6.45) is 4.49. The second-order valence-corrected chi connectivity index (χ2v) is 5.22. The molecule has 1 aromatic heterocycles. The third-order valence-corrected chi connectivity index (χ3v) is 3.67. The second-order valence-electron chi connectivity index (χ2n) is 5.22. The minimum absolute atomic E-state index is 0.137. The lowest BCUT2D eigenvalue weighted by Crippen LogP contribution is -2.39. The van der Waals surface area contributed by atoms with E-state index < -0.39 is 0 Å². The maximum Gasteiger partial charge on any atom is 0.411 e. The maximum atomic E-state index is 12.0. The minimum Gasteiger partial charge on any atom is -0.430 e. The fourth-order valence-corrected chi connectivity index (χ4v) is 2.34. The molecule has 20 heavy (non-hydrogen) atoms. The third-order valence-electron chi connectivity index (χ3n) is 3.67. The molecule has 0 bridgehead atoms. The van der Waals surface area contributed by atoms with E-state index in [0.29, 0.717) is 6.54 Å². The molecule has 1 aliphatic heterocycles. The lowest BCUT2D eigenvalue weighted by molar-refractivity contribution is -0.00301. The molecular formula is C15H23N3O2. The highest BCUT2D eigenvalue weighted by molar-refractivity contribution is 5.67. The van der Waals surface area contributed by atoms with Gasteiger partial charge in [0.05, 0.1) is 0 Å². The van der Waals surface area contributed by atoms with Crippen molar-refractivity contribution in [2.45, 2.75) is 32.4 Å². The second kappa shape index (κ2) is 7.24. The van der Waals surface area contributed by atoms with Crippen LogP contribution in [0.15, 0.2) is 24.4 Å². The van der Waals surface area contributed by atoms with Crippen LogP contribution in [-0.2, 0) is 11.2 Å². The van der Waals surface area contributed by atoms with Gasteiger partial charge in [0, 0.05) is 45.0 Å². The summed E-state index contributed by atoms with van der Waals surface area (Å²) in [5, 5.41) is 0. The van der Waals surface area contributed by atoms with Gasteiger partial charge in [-0.3, -0.25) is 9.88 Å². The summed E-state index contributed by atoms with van der Waals surface area (Å²) in [4.78, 5) is 20.0. The predicted molar refractivity (Wildman–Crippen MR) is 77.3 cm³/mol. The number of aromatic nitrogens is 1. The molecule has 1 atom stereocenters. The molecule has 1 unspecified atom stereocenters. The van der Waals surface area contributed by atoms with Crippen LogP contribution in [-0.4, -0.2) is 53.8 Å². The van der Waals surface area contributed by atoms with E-state index in [2.05, 4.69) is 9.88 Å². The van der Waals surface area contributed by atoms with Gasteiger partial charge in [0.15, 0.2) is 6.23 Å². The molecular weight excluding hydrogens is 254 g/mol. The van der Waals surface area contributed by atoms with E-state index in [1.165, 1.54) is 12.8 Å². The maximum absolute atomic E-state index is 12.0. The number of nitrogens with zero attached hydrogens (tertiary/aromatic N) is 3. The van der Waals surface area contributed by atoms with Crippen molar-refractivity contribution in [1.82, 2.24) is 14.8 Å². The first-order valence-electron chi connectivity index (χ1n) is 7.22. The van der Waals surface area contributed by atoms with Crippen LogP contribution in [0.3, 0.4) is 0 Å². The Balaban J connectivity index is 1.74. The summed E-state index contributed by atoms with van der Waals surface area (Å²) >= 11 is 0. The zero-order chi connectivity index (χ0) is 14.4. The Labute approximate surface area is 120 Å². The van der Waals surface area contributed by atoms with E-state index in [4.69, 9.17) is 4.74 Å². The third kappa shape index (κ3) is 4.20. The molecule has 5 nitrogen and oxygen atoms in total. The molecule has 2 heterocycles. The Morgan fingerprint density at radius 3 is 2.85 bits per heavy atom. The lowest BCUT2D eigenvalue weighted by Gasteiger charge is -2.26. The number of ether oxygens (including phenoxy) is 1. The number of carbonyl (C=O) groups is 1. The van der Waals surface area contributed by atoms with Gasteiger partial charge in [-0.25, -0.2) is 4.79 Å². The van der Waals surface area contributed by atoms with Crippen molar-refractivity contribution in [3.8, 4) is 0 Å². The molecule has 0 spiro atoms. The number of likely N-dealkylation sites (N-methyl/N-ethyl adjacent to an activating group) is 1. The van der Waals surface area contributed by atoms with E-state index in [9.17, 15) is 4.79 Å². The van der Waals surface area contributed by atoms with E-state index in [-0.39, 0.29) is 12.3 Å². The van der Waals surface area contributed by atoms with Crippen molar-refractivity contribution < 1.29 is 9.53 Å². The van der Waals surface area contributed by atoms with E-state index >= 15 is 0 Å². The number of hydrogen-bond acceptors (Lipinski definition) is 4. The monoisotopic (exact) mass is 277 g/mol. The summed E-state index contributed by atoms with van der Waals surface area (Å²) in [7, 11) is 1.77. The van der Waals surface area contributed by atoms with Crippen molar-refractivity contribution in [2.24, 2.45) is 0 Å². The SMILES string of the molecule is CC(OC(=O)N(C)CCc1ccccn1)N1CCCC1. The van der Waals surface area contributed by atoms with E-state index in [0.717, 1.165) is 25.2 Å². The highest BCUT2D eigenvalue weighted by Crippen LogP contribution is 2.13. The summed E-state index contributed by atoms with van der Waals surface area (Å²) in [6, 6.07) is 5.81. The van der Waals surface area contributed by atoms with Crippen molar-refractivity contribution in [1.29, 1.82) is 0 Å². The molecule has 110 valence electrons. The standard InChI is InChI=1S/C15H23N3O2/c1-13(18-10-5-6-11-18)20-15(19)17(2)12-8-14-7-3-4-9-16-14/h3-4,7,9,13H,5-6,8,10-12H2,1-2H3. The Morgan fingerprint density at radius 2 is 2.20 bits per heavy atom. The zero-order valence-corrected chi connectivity index (χ0v) is 12.3. The summed E-state index contributed by atoms with van der Waals surface area (Å²) in [6.45, 7) is 4.59. The van der Waals surface area contributed by atoms with Gasteiger partial charge < -0.3 is 9.64 Å². The molecule has 0 aromatic carbocycles. The summed E-state index contributed by atoms with van der Waals surface area (Å²) in [5.74, 6) is 0. The van der Waals surface area contributed by atoms with Crippen LogP contribution in [0.4, 0.5) is 4.79 Å². The lowest BCUT2D eigenvalue weighted by atomic mass is 10.2. The quantitative estimate of drug-likeness (QED) is 0.827. The first kappa shape index (κ1) is 14.8.